The fourth-order valence-corrected chi connectivity index (χ4v) is 1.99. The van der Waals surface area contributed by atoms with Gasteiger partial charge in [-0.1, -0.05) is 17.7 Å². The van der Waals surface area contributed by atoms with E-state index in [0.717, 1.165) is 17.8 Å². The third kappa shape index (κ3) is 2.54. The number of rotatable bonds is 0. The van der Waals surface area contributed by atoms with E-state index >= 15 is 0 Å². The minimum atomic E-state index is -4.33. The van der Waals surface area contributed by atoms with Crippen molar-refractivity contribution in [3.05, 3.63) is 35.6 Å². The molecule has 0 spiro atoms. The number of alkyl halides is 4. The average Bonchev–Trinajstić information content (AvgIpc) is 2.38. The second-order valence-corrected chi connectivity index (χ2v) is 4.22. The first kappa shape index (κ1) is 12.2. The molecule has 1 atom stereocenters. The van der Waals surface area contributed by atoms with Gasteiger partial charge in [0.2, 0.25) is 0 Å². The van der Waals surface area contributed by atoms with E-state index in [9.17, 15) is 13.2 Å². The van der Waals surface area contributed by atoms with Gasteiger partial charge in [-0.25, -0.2) is 4.99 Å². The highest BCUT2D eigenvalue weighted by Crippen LogP contribution is 2.29. The van der Waals surface area contributed by atoms with Gasteiger partial charge in [0.25, 0.3) is 0 Å². The van der Waals surface area contributed by atoms with E-state index in [-0.39, 0.29) is 6.54 Å². The molecule has 1 unspecified atom stereocenters. The van der Waals surface area contributed by atoms with Crippen molar-refractivity contribution in [3.8, 4) is 0 Å². The monoisotopic (exact) mass is 262 g/mol. The third-order valence-electron chi connectivity index (χ3n) is 2.57. The van der Waals surface area contributed by atoms with Gasteiger partial charge >= 0.3 is 6.18 Å². The predicted octanol–water partition coefficient (Wildman–Crippen LogP) is 3.23. The molecule has 0 saturated heterocycles. The summed E-state index contributed by atoms with van der Waals surface area (Å²) in [5.74, 6) is 0.459. The van der Waals surface area contributed by atoms with E-state index < -0.39 is 17.3 Å². The number of fused-ring (bicyclic) bond motifs is 1. The molecule has 17 heavy (non-hydrogen) atoms. The quantitative estimate of drug-likeness (QED) is 0.483. The van der Waals surface area contributed by atoms with E-state index in [2.05, 4.69) is 4.99 Å². The van der Waals surface area contributed by atoms with Crippen LogP contribution < -0.4 is 0 Å². The highest BCUT2D eigenvalue weighted by atomic mass is 35.5. The molecule has 0 saturated carbocycles. The van der Waals surface area contributed by atoms with E-state index in [1.165, 1.54) is 6.08 Å². The summed E-state index contributed by atoms with van der Waals surface area (Å²) in [6.07, 6.45) is 0.888. The largest absolute Gasteiger partial charge is 0.416 e. The molecule has 0 N–H and O–H groups in total. The van der Waals surface area contributed by atoms with Gasteiger partial charge in [0, 0.05) is 12.2 Å². The summed E-state index contributed by atoms with van der Waals surface area (Å²) in [4.78, 5) is 5.76. The van der Waals surface area contributed by atoms with Gasteiger partial charge in [0.1, 0.15) is 11.3 Å². The third-order valence-corrected chi connectivity index (χ3v) is 2.79. The number of amidine groups is 1. The maximum atomic E-state index is 12.6. The van der Waals surface area contributed by atoms with Gasteiger partial charge in [-0.05, 0) is 25.2 Å². The summed E-state index contributed by atoms with van der Waals surface area (Å²) in [5.41, 5.74) is -0.369. The molecule has 2 aliphatic heterocycles. The molecular weight excluding hydrogens is 253 g/mol. The molecule has 0 radical (unpaired) electrons. The van der Waals surface area contributed by atoms with Crippen LogP contribution >= 0.6 is 11.6 Å². The topological polar surface area (TPSA) is 15.6 Å². The Kier molecular flexibility index (Phi) is 3.03. The molecule has 0 aromatic rings. The van der Waals surface area contributed by atoms with Crippen molar-refractivity contribution in [2.45, 2.75) is 18.6 Å². The van der Waals surface area contributed by atoms with Gasteiger partial charge < -0.3 is 4.90 Å². The molecule has 0 aliphatic carbocycles. The minimum absolute atomic E-state index is 0.145. The molecule has 0 bridgehead atoms. The molecule has 0 amide bonds. The maximum absolute atomic E-state index is 12.6. The lowest BCUT2D eigenvalue weighted by Gasteiger charge is -2.27. The number of hydrogen-bond acceptors (Lipinski definition) is 2. The summed E-state index contributed by atoms with van der Waals surface area (Å²) in [6.45, 7) is 1.94. The minimum Gasteiger partial charge on any atom is -0.327 e. The van der Waals surface area contributed by atoms with E-state index in [1.54, 1.807) is 17.9 Å². The smallest absolute Gasteiger partial charge is 0.327 e. The Morgan fingerprint density at radius 1 is 1.41 bits per heavy atom. The van der Waals surface area contributed by atoms with Gasteiger partial charge in [-0.3, -0.25) is 0 Å². The van der Waals surface area contributed by atoms with E-state index in [0.29, 0.717) is 5.84 Å². The molecule has 0 aromatic carbocycles. The SMILES string of the molecule is CC1=CC(Cl)N=C2C=CC(C(F)(F)F)=CCN12. The zero-order valence-electron chi connectivity index (χ0n) is 9.00. The summed E-state index contributed by atoms with van der Waals surface area (Å²) < 4.78 is 37.7. The van der Waals surface area contributed by atoms with Crippen LogP contribution in [0.1, 0.15) is 6.92 Å². The fraction of sp³-hybridized carbons (Fsp3) is 0.364. The van der Waals surface area contributed by atoms with Crippen LogP contribution in [-0.2, 0) is 0 Å². The molecule has 2 heterocycles. The number of aliphatic imine (C=N–C) groups is 1. The normalized spacial score (nSPS) is 24.6. The summed E-state index contributed by atoms with van der Waals surface area (Å²) in [5, 5.41) is 0. The molecule has 2 rings (SSSR count). The van der Waals surface area contributed by atoms with Gasteiger partial charge in [-0.2, -0.15) is 13.2 Å². The first-order chi connectivity index (χ1) is 7.88. The lowest BCUT2D eigenvalue weighted by Crippen LogP contribution is -2.31. The predicted molar refractivity (Wildman–Crippen MR) is 60.8 cm³/mol. The molecular formula is C11H10ClF3N2. The first-order valence-electron chi connectivity index (χ1n) is 5.01. The Hall–Kier alpha value is -1.23. The lowest BCUT2D eigenvalue weighted by molar-refractivity contribution is -0.0883. The first-order valence-corrected chi connectivity index (χ1v) is 5.45. The average molecular weight is 263 g/mol. The van der Waals surface area contributed by atoms with E-state index in [4.69, 9.17) is 11.6 Å². The molecule has 6 heteroatoms. The summed E-state index contributed by atoms with van der Waals surface area (Å²) in [7, 11) is 0. The molecule has 0 aromatic heterocycles. The van der Waals surface area contributed by atoms with Crippen LogP contribution in [0.25, 0.3) is 0 Å². The maximum Gasteiger partial charge on any atom is 0.416 e. The zero-order valence-corrected chi connectivity index (χ0v) is 9.76. The highest BCUT2D eigenvalue weighted by molar-refractivity contribution is 6.22. The Morgan fingerprint density at radius 3 is 2.76 bits per heavy atom. The second-order valence-electron chi connectivity index (χ2n) is 3.77. The van der Waals surface area contributed by atoms with Crippen LogP contribution in [0.4, 0.5) is 13.2 Å². The number of hydrogen-bond donors (Lipinski definition) is 0. The summed E-state index contributed by atoms with van der Waals surface area (Å²) >= 11 is 5.85. The number of allylic oxidation sites excluding steroid dienone is 3. The van der Waals surface area contributed by atoms with Crippen LogP contribution in [-0.4, -0.2) is 29.0 Å². The molecule has 0 fully saturated rings. The van der Waals surface area contributed by atoms with Crippen LogP contribution in [0, 0.1) is 0 Å². The van der Waals surface area contributed by atoms with Crippen molar-refractivity contribution >= 4 is 17.4 Å². The second kappa shape index (κ2) is 4.22. The lowest BCUT2D eigenvalue weighted by atomic mass is 10.2. The zero-order chi connectivity index (χ0) is 12.6. The highest BCUT2D eigenvalue weighted by Gasteiger charge is 2.33. The standard InChI is InChI=1S/C11H10ClF3N2/c1-7-6-9(12)16-10-3-2-8(11(13,14)15)4-5-17(7)10/h2-4,6,9H,5H2,1H3. The van der Waals surface area contributed by atoms with Gasteiger partial charge in [-0.15, -0.1) is 0 Å². The van der Waals surface area contributed by atoms with Crippen LogP contribution in [0.3, 0.4) is 0 Å². The van der Waals surface area contributed by atoms with E-state index in [1.807, 2.05) is 0 Å². The van der Waals surface area contributed by atoms with Crippen molar-refractivity contribution in [2.75, 3.05) is 6.54 Å². The van der Waals surface area contributed by atoms with Crippen molar-refractivity contribution < 1.29 is 13.2 Å². The van der Waals surface area contributed by atoms with Gasteiger partial charge in [0.05, 0.1) is 5.57 Å². The Balaban J connectivity index is 2.33. The molecule has 92 valence electrons. The van der Waals surface area contributed by atoms with Crippen molar-refractivity contribution in [3.63, 3.8) is 0 Å². The van der Waals surface area contributed by atoms with Gasteiger partial charge in [0.15, 0.2) is 0 Å². The number of halogens is 4. The van der Waals surface area contributed by atoms with Crippen LogP contribution in [0.5, 0.6) is 0 Å². The Morgan fingerprint density at radius 2 is 2.12 bits per heavy atom. The fourth-order valence-electron chi connectivity index (χ4n) is 1.71. The van der Waals surface area contributed by atoms with Crippen molar-refractivity contribution in [2.24, 2.45) is 4.99 Å². The Labute approximate surface area is 102 Å². The molecule has 2 aliphatic rings. The number of nitrogens with zero attached hydrogens (tertiary/aromatic N) is 2. The van der Waals surface area contributed by atoms with Crippen LogP contribution in [0.15, 0.2) is 40.6 Å². The van der Waals surface area contributed by atoms with Crippen molar-refractivity contribution in [1.29, 1.82) is 0 Å². The van der Waals surface area contributed by atoms with Crippen molar-refractivity contribution in [1.82, 2.24) is 4.90 Å². The Bertz CT molecular complexity index is 446. The molecule has 2 nitrogen and oxygen atoms in total. The summed E-state index contributed by atoms with van der Waals surface area (Å²) in [6, 6.07) is 0. The van der Waals surface area contributed by atoms with Crippen LogP contribution in [0.2, 0.25) is 0 Å².